The lowest BCUT2D eigenvalue weighted by Crippen LogP contribution is -1.89. The first kappa shape index (κ1) is 14.4. The smallest absolute Gasteiger partial charge is 0.163 e. The van der Waals surface area contributed by atoms with Crippen molar-refractivity contribution in [3.05, 3.63) is 42.0 Å². The van der Waals surface area contributed by atoms with Crippen molar-refractivity contribution in [2.75, 3.05) is 14.2 Å². The minimum Gasteiger partial charge on any atom is -0.493 e. The Morgan fingerprint density at radius 3 is 2.18 bits per heavy atom. The van der Waals surface area contributed by atoms with Crippen LogP contribution in [0.3, 0.4) is 0 Å². The molecule has 0 bridgehead atoms. The summed E-state index contributed by atoms with van der Waals surface area (Å²) in [7, 11) is 3.26. The molecule has 0 saturated carbocycles. The summed E-state index contributed by atoms with van der Waals surface area (Å²) in [4.78, 5) is 7.99. The van der Waals surface area contributed by atoms with Crippen LogP contribution in [0, 0.1) is 0 Å². The number of benzene rings is 2. The highest BCUT2D eigenvalue weighted by Crippen LogP contribution is 2.32. The van der Waals surface area contributed by atoms with Crippen LogP contribution in [-0.2, 0) is 0 Å². The van der Waals surface area contributed by atoms with E-state index < -0.39 is 0 Å². The zero-order chi connectivity index (χ0) is 15.7. The van der Waals surface area contributed by atoms with Gasteiger partial charge in [0.25, 0.3) is 0 Å². The fourth-order valence-electron chi connectivity index (χ4n) is 2.50. The topological polar surface area (TPSA) is 47.1 Å². The highest BCUT2D eigenvalue weighted by molar-refractivity contribution is 5.83. The largest absolute Gasteiger partial charge is 0.493 e. The molecule has 0 amide bonds. The Hall–Kier alpha value is -2.49. The van der Waals surface area contributed by atoms with Gasteiger partial charge in [-0.2, -0.15) is 0 Å². The van der Waals surface area contributed by atoms with E-state index in [-0.39, 0.29) is 0 Å². The number of hydrogen-bond acceptors (Lipinski definition) is 3. The van der Waals surface area contributed by atoms with Gasteiger partial charge in [0.15, 0.2) is 11.5 Å². The number of H-pyrrole nitrogens is 1. The van der Waals surface area contributed by atoms with Crippen LogP contribution in [-0.4, -0.2) is 24.2 Å². The summed E-state index contributed by atoms with van der Waals surface area (Å²) in [6.45, 7) is 4.38. The maximum absolute atomic E-state index is 5.33. The Bertz CT molecular complexity index is 748. The zero-order valence-corrected chi connectivity index (χ0v) is 13.3. The van der Waals surface area contributed by atoms with Crippen LogP contribution < -0.4 is 9.47 Å². The average molecular weight is 296 g/mol. The van der Waals surface area contributed by atoms with Gasteiger partial charge in [0.05, 0.1) is 25.3 Å². The number of rotatable bonds is 4. The van der Waals surface area contributed by atoms with E-state index in [1.165, 1.54) is 5.56 Å². The van der Waals surface area contributed by atoms with Gasteiger partial charge in [0.2, 0.25) is 0 Å². The number of ether oxygens (including phenoxy) is 2. The lowest BCUT2D eigenvalue weighted by molar-refractivity contribution is 0.356. The quantitative estimate of drug-likeness (QED) is 0.777. The summed E-state index contributed by atoms with van der Waals surface area (Å²) in [5.41, 5.74) is 4.18. The molecule has 4 heteroatoms. The predicted octanol–water partition coefficient (Wildman–Crippen LogP) is 4.37. The number of fused-ring (bicyclic) bond motifs is 1. The fraction of sp³-hybridized carbons (Fsp3) is 0.278. The second-order valence-corrected chi connectivity index (χ2v) is 5.59. The Morgan fingerprint density at radius 2 is 1.59 bits per heavy atom. The molecule has 0 unspecified atom stereocenters. The van der Waals surface area contributed by atoms with Crippen LogP contribution in [0.1, 0.15) is 25.3 Å². The van der Waals surface area contributed by atoms with Crippen molar-refractivity contribution < 1.29 is 9.47 Å². The minimum absolute atomic E-state index is 0.526. The van der Waals surface area contributed by atoms with Crippen molar-refractivity contribution >= 4 is 11.0 Å². The second kappa shape index (κ2) is 5.72. The molecular formula is C18H20N2O2. The third-order valence-electron chi connectivity index (χ3n) is 3.84. The Labute approximate surface area is 130 Å². The van der Waals surface area contributed by atoms with E-state index in [1.54, 1.807) is 14.2 Å². The number of nitrogens with one attached hydrogen (secondary N) is 1. The summed E-state index contributed by atoms with van der Waals surface area (Å²) in [6, 6.07) is 12.3. The summed E-state index contributed by atoms with van der Waals surface area (Å²) in [5.74, 6) is 2.75. The SMILES string of the molecule is COc1cc2nc(-c3ccc(C(C)C)cc3)[nH]c2cc1OC. The van der Waals surface area contributed by atoms with Crippen molar-refractivity contribution in [1.82, 2.24) is 9.97 Å². The monoisotopic (exact) mass is 296 g/mol. The highest BCUT2D eigenvalue weighted by atomic mass is 16.5. The molecular weight excluding hydrogens is 276 g/mol. The molecule has 0 atom stereocenters. The van der Waals surface area contributed by atoms with Gasteiger partial charge in [-0.05, 0) is 11.5 Å². The third-order valence-corrected chi connectivity index (χ3v) is 3.84. The number of nitrogens with zero attached hydrogens (tertiary/aromatic N) is 1. The van der Waals surface area contributed by atoms with E-state index in [1.807, 2.05) is 12.1 Å². The van der Waals surface area contributed by atoms with Crippen LogP contribution in [0.4, 0.5) is 0 Å². The molecule has 114 valence electrons. The summed E-state index contributed by atoms with van der Waals surface area (Å²) < 4.78 is 10.7. The van der Waals surface area contributed by atoms with E-state index in [2.05, 4.69) is 48.1 Å². The molecule has 3 aromatic rings. The summed E-state index contributed by atoms with van der Waals surface area (Å²) in [6.07, 6.45) is 0. The molecule has 0 spiro atoms. The van der Waals surface area contributed by atoms with E-state index in [0.717, 1.165) is 22.4 Å². The zero-order valence-electron chi connectivity index (χ0n) is 13.3. The molecule has 0 aliphatic heterocycles. The first-order valence-corrected chi connectivity index (χ1v) is 7.34. The highest BCUT2D eigenvalue weighted by Gasteiger charge is 2.11. The molecule has 3 rings (SSSR count). The van der Waals surface area contributed by atoms with Crippen molar-refractivity contribution in [2.24, 2.45) is 0 Å². The number of aromatic nitrogens is 2. The van der Waals surface area contributed by atoms with Gasteiger partial charge in [-0.3, -0.25) is 0 Å². The number of aromatic amines is 1. The Kier molecular flexibility index (Phi) is 3.75. The maximum Gasteiger partial charge on any atom is 0.163 e. The van der Waals surface area contributed by atoms with Crippen molar-refractivity contribution in [3.8, 4) is 22.9 Å². The number of methoxy groups -OCH3 is 2. The maximum atomic E-state index is 5.33. The molecule has 0 radical (unpaired) electrons. The number of imidazole rings is 1. The summed E-state index contributed by atoms with van der Waals surface area (Å²) >= 11 is 0. The molecule has 2 aromatic carbocycles. The lowest BCUT2D eigenvalue weighted by Gasteiger charge is -2.06. The lowest BCUT2D eigenvalue weighted by atomic mass is 10.0. The normalized spacial score (nSPS) is 11.1. The molecule has 1 N–H and O–H groups in total. The van der Waals surface area contributed by atoms with Crippen LogP contribution in [0.2, 0.25) is 0 Å². The fourth-order valence-corrected chi connectivity index (χ4v) is 2.50. The Balaban J connectivity index is 2.04. The van der Waals surface area contributed by atoms with Crippen LogP contribution in [0.15, 0.2) is 36.4 Å². The summed E-state index contributed by atoms with van der Waals surface area (Å²) in [5, 5.41) is 0. The molecule has 22 heavy (non-hydrogen) atoms. The Morgan fingerprint density at radius 1 is 0.955 bits per heavy atom. The molecule has 0 aliphatic carbocycles. The predicted molar refractivity (Wildman–Crippen MR) is 88.7 cm³/mol. The first-order chi connectivity index (χ1) is 10.6. The first-order valence-electron chi connectivity index (χ1n) is 7.34. The van der Waals surface area contributed by atoms with Gasteiger partial charge in [-0.1, -0.05) is 38.1 Å². The van der Waals surface area contributed by atoms with Crippen LogP contribution in [0.5, 0.6) is 11.5 Å². The molecule has 4 nitrogen and oxygen atoms in total. The molecule has 1 heterocycles. The molecule has 0 saturated heterocycles. The van der Waals surface area contributed by atoms with E-state index in [0.29, 0.717) is 17.4 Å². The van der Waals surface area contributed by atoms with Crippen molar-refractivity contribution in [2.45, 2.75) is 19.8 Å². The van der Waals surface area contributed by atoms with E-state index >= 15 is 0 Å². The van der Waals surface area contributed by atoms with Crippen LogP contribution >= 0.6 is 0 Å². The van der Waals surface area contributed by atoms with Crippen molar-refractivity contribution in [3.63, 3.8) is 0 Å². The second-order valence-electron chi connectivity index (χ2n) is 5.59. The van der Waals surface area contributed by atoms with Gasteiger partial charge in [0, 0.05) is 17.7 Å². The standard InChI is InChI=1S/C18H20N2O2/c1-11(2)12-5-7-13(8-6-12)18-19-14-9-16(21-3)17(22-4)10-15(14)20-18/h5-11H,1-4H3,(H,19,20). The van der Waals surface area contributed by atoms with Crippen LogP contribution in [0.25, 0.3) is 22.4 Å². The van der Waals surface area contributed by atoms with E-state index in [9.17, 15) is 0 Å². The molecule has 1 aromatic heterocycles. The van der Waals surface area contributed by atoms with Crippen molar-refractivity contribution in [1.29, 1.82) is 0 Å². The molecule has 0 aliphatic rings. The third kappa shape index (κ3) is 2.52. The van der Waals surface area contributed by atoms with Gasteiger partial charge in [-0.25, -0.2) is 4.98 Å². The van der Waals surface area contributed by atoms with Gasteiger partial charge in [-0.15, -0.1) is 0 Å². The van der Waals surface area contributed by atoms with Gasteiger partial charge >= 0.3 is 0 Å². The van der Waals surface area contributed by atoms with E-state index in [4.69, 9.17) is 9.47 Å². The van der Waals surface area contributed by atoms with Gasteiger partial charge in [0.1, 0.15) is 5.82 Å². The van der Waals surface area contributed by atoms with Gasteiger partial charge < -0.3 is 14.5 Å². The average Bonchev–Trinajstić information content (AvgIpc) is 2.96. The molecule has 0 fully saturated rings. The minimum atomic E-state index is 0.526. The number of hydrogen-bond donors (Lipinski definition) is 1.